The summed E-state index contributed by atoms with van der Waals surface area (Å²) in [5, 5.41) is 7.48. The molecule has 0 spiro atoms. The molecule has 0 bridgehead atoms. The van der Waals surface area contributed by atoms with Gasteiger partial charge in [-0.1, -0.05) is 36.4 Å². The zero-order valence-corrected chi connectivity index (χ0v) is 40.0. The summed E-state index contributed by atoms with van der Waals surface area (Å²) in [5.74, 6) is 1.24. The van der Waals surface area contributed by atoms with Crippen LogP contribution in [0.2, 0.25) is 0 Å². The molecular formula is C52H64N6O10. The number of anilines is 3. The highest BCUT2D eigenvalue weighted by molar-refractivity contribution is 5.98. The molecule has 0 aromatic heterocycles. The molecule has 3 aliphatic rings. The maximum atomic E-state index is 13.4. The van der Waals surface area contributed by atoms with Crippen LogP contribution in [-0.4, -0.2) is 103 Å². The summed E-state index contributed by atoms with van der Waals surface area (Å²) in [4.78, 5) is 72.1. The van der Waals surface area contributed by atoms with Gasteiger partial charge < -0.3 is 43.7 Å². The van der Waals surface area contributed by atoms with E-state index in [9.17, 15) is 24.0 Å². The van der Waals surface area contributed by atoms with Crippen LogP contribution < -0.4 is 20.4 Å². The number of aldehydes is 1. The fourth-order valence-electron chi connectivity index (χ4n) is 7.73. The normalized spacial score (nSPS) is 16.4. The molecule has 16 heteroatoms. The summed E-state index contributed by atoms with van der Waals surface area (Å²) in [6.45, 7) is 10.1. The predicted octanol–water partition coefficient (Wildman–Crippen LogP) is 6.90. The van der Waals surface area contributed by atoms with Crippen molar-refractivity contribution in [3.63, 3.8) is 0 Å². The minimum atomic E-state index is -0.548. The predicted molar refractivity (Wildman–Crippen MR) is 261 cm³/mol. The van der Waals surface area contributed by atoms with Crippen molar-refractivity contribution < 1.29 is 47.8 Å². The van der Waals surface area contributed by atoms with Crippen molar-refractivity contribution in [1.82, 2.24) is 10.4 Å². The third kappa shape index (κ3) is 14.9. The smallest absolute Gasteiger partial charge is 0.332 e. The molecule has 2 heterocycles. The first kappa shape index (κ1) is 51.8. The van der Waals surface area contributed by atoms with E-state index >= 15 is 0 Å². The van der Waals surface area contributed by atoms with Crippen molar-refractivity contribution in [3.05, 3.63) is 135 Å². The molecule has 1 unspecified atom stereocenters. The van der Waals surface area contributed by atoms with Gasteiger partial charge in [-0.2, -0.15) is 5.06 Å². The number of aliphatic imine (C=N–C) groups is 1. The number of hydrogen-bond donors (Lipinski definition) is 2. The number of hydrogen-bond acceptors (Lipinski definition) is 14. The number of methoxy groups -OCH3 is 2. The highest BCUT2D eigenvalue weighted by Gasteiger charge is 2.23. The number of nitrogens with zero attached hydrogens (tertiary/aromatic N) is 4. The molecule has 362 valence electrons. The summed E-state index contributed by atoms with van der Waals surface area (Å²) in [7, 11) is 6.43. The first-order chi connectivity index (χ1) is 32.9. The monoisotopic (exact) mass is 932 g/mol. The number of rotatable bonds is 19. The lowest BCUT2D eigenvalue weighted by Crippen LogP contribution is -2.30. The summed E-state index contributed by atoms with van der Waals surface area (Å²) >= 11 is 0. The summed E-state index contributed by atoms with van der Waals surface area (Å²) in [6.07, 6.45) is 7.53. The lowest BCUT2D eigenvalue weighted by Gasteiger charge is -2.24. The third-order valence-electron chi connectivity index (χ3n) is 11.6. The molecule has 16 nitrogen and oxygen atoms in total. The Morgan fingerprint density at radius 3 is 2.44 bits per heavy atom. The second-order valence-corrected chi connectivity index (χ2v) is 16.5. The van der Waals surface area contributed by atoms with Crippen LogP contribution in [0.15, 0.2) is 118 Å². The Balaban J connectivity index is 0.000000680. The lowest BCUT2D eigenvalue weighted by molar-refractivity contribution is -0.192. The van der Waals surface area contributed by atoms with Crippen LogP contribution in [-0.2, 0) is 73.8 Å². The maximum absolute atomic E-state index is 13.4. The largest absolute Gasteiger partial charge is 0.493 e. The molecule has 2 amide bonds. The number of amides is 2. The number of ketones is 1. The van der Waals surface area contributed by atoms with Gasteiger partial charge in [-0.15, -0.1) is 0 Å². The Kier molecular flexibility index (Phi) is 20.0. The highest BCUT2D eigenvalue weighted by atomic mass is 16.7. The van der Waals surface area contributed by atoms with E-state index in [1.54, 1.807) is 32.1 Å². The molecule has 3 aromatic rings. The van der Waals surface area contributed by atoms with Crippen LogP contribution in [0.1, 0.15) is 68.2 Å². The number of nitrogens with one attached hydrogen (secondary N) is 2. The molecule has 1 aliphatic carbocycles. The Hall–Kier alpha value is -7.20. The number of benzene rings is 3. The van der Waals surface area contributed by atoms with Gasteiger partial charge >= 0.3 is 5.97 Å². The number of Topliss-reactive ketones (excluding diaryl/α,β-unsaturated/α-hetero) is 1. The Morgan fingerprint density at radius 1 is 0.985 bits per heavy atom. The van der Waals surface area contributed by atoms with Gasteiger partial charge in [-0.3, -0.25) is 24.7 Å². The van der Waals surface area contributed by atoms with Gasteiger partial charge in [0.1, 0.15) is 31.0 Å². The SMILES string of the molecule is C=NC1CC(OCc2cc(CO/C(C)=C(/C=C3\CNCNc4ccccc4CC3=O)OC)cc(N(C)CCCC(=O)ON(C)C(=O)CCC=O)c2)=C(OC)C=C1C.O=CN1CCc2ccccc21. The Bertz CT molecular complexity index is 2410. The van der Waals surface area contributed by atoms with E-state index in [1.165, 1.54) is 12.6 Å². The van der Waals surface area contributed by atoms with E-state index in [-0.39, 0.29) is 50.7 Å². The number of para-hydroxylation sites is 2. The van der Waals surface area contributed by atoms with E-state index in [1.807, 2.05) is 85.6 Å². The van der Waals surface area contributed by atoms with Crippen molar-refractivity contribution in [2.45, 2.75) is 78.0 Å². The Morgan fingerprint density at radius 2 is 1.72 bits per heavy atom. The van der Waals surface area contributed by atoms with Crippen molar-refractivity contribution in [3.8, 4) is 0 Å². The second kappa shape index (κ2) is 26.2. The minimum absolute atomic E-state index is 0.0182. The minimum Gasteiger partial charge on any atom is -0.493 e. The number of fused-ring (bicyclic) bond motifs is 2. The van der Waals surface area contributed by atoms with Crippen LogP contribution >= 0.6 is 0 Å². The summed E-state index contributed by atoms with van der Waals surface area (Å²) < 4.78 is 24.0. The van der Waals surface area contributed by atoms with Gasteiger partial charge in [0.15, 0.2) is 17.3 Å². The van der Waals surface area contributed by atoms with Gasteiger partial charge in [0.05, 0.1) is 26.9 Å². The van der Waals surface area contributed by atoms with Crippen molar-refractivity contribution in [1.29, 1.82) is 0 Å². The maximum Gasteiger partial charge on any atom is 0.332 e. The Labute approximate surface area is 399 Å². The van der Waals surface area contributed by atoms with Crippen LogP contribution in [0.4, 0.5) is 17.1 Å². The number of carbonyl (C=O) groups is 5. The number of allylic oxidation sites excluding steroid dienone is 3. The third-order valence-corrected chi connectivity index (χ3v) is 11.6. The van der Waals surface area contributed by atoms with Crippen LogP contribution in [0, 0.1) is 0 Å². The average Bonchev–Trinajstić information content (AvgIpc) is 3.80. The summed E-state index contributed by atoms with van der Waals surface area (Å²) in [5.41, 5.74) is 8.39. The molecule has 0 radical (unpaired) electrons. The van der Waals surface area contributed by atoms with E-state index < -0.39 is 11.9 Å². The van der Waals surface area contributed by atoms with Crippen LogP contribution in [0.5, 0.6) is 0 Å². The number of carbonyl (C=O) groups excluding carboxylic acids is 5. The van der Waals surface area contributed by atoms with Crippen molar-refractivity contribution in [2.24, 2.45) is 4.99 Å². The molecule has 2 aliphatic heterocycles. The van der Waals surface area contributed by atoms with Gasteiger partial charge in [0.25, 0.3) is 5.91 Å². The van der Waals surface area contributed by atoms with E-state index in [0.717, 1.165) is 63.8 Å². The van der Waals surface area contributed by atoms with E-state index in [4.69, 9.17) is 23.8 Å². The molecule has 0 fully saturated rings. The first-order valence-corrected chi connectivity index (χ1v) is 22.6. The molecule has 0 saturated carbocycles. The molecule has 2 N–H and O–H groups in total. The molecule has 3 aromatic carbocycles. The van der Waals surface area contributed by atoms with Crippen LogP contribution in [0.3, 0.4) is 0 Å². The number of hydroxylamine groups is 2. The first-order valence-electron chi connectivity index (χ1n) is 22.6. The number of ether oxygens (including phenoxy) is 4. The van der Waals surface area contributed by atoms with Gasteiger partial charge in [-0.05, 0) is 104 Å². The quantitative estimate of drug-likeness (QED) is 0.0418. The fraction of sp³-hybridized carbons (Fsp3) is 0.385. The average molecular weight is 933 g/mol. The molecular weight excluding hydrogens is 869 g/mol. The zero-order valence-electron chi connectivity index (χ0n) is 40.0. The molecule has 1 atom stereocenters. The zero-order chi connectivity index (χ0) is 49.0. The molecule has 6 rings (SSSR count). The molecule has 68 heavy (non-hydrogen) atoms. The lowest BCUT2D eigenvalue weighted by atomic mass is 9.98. The van der Waals surface area contributed by atoms with Gasteiger partial charge in [0, 0.05) is 88.5 Å². The standard InChI is InChI=1S/C43H55N5O9.C9H9NO/c1-29-18-40(54-7)41(24-37(29)44-3)56-27-32-19-31(20-35(21-32)47(4)16-10-15-43(52)57-48(5)42(51)14-11-17-49)26-55-30(2)39(53-6)23-34-25-45-28-46-36-13-9-8-12-33(36)22-38(34)50;11-7-10-6-5-8-3-1-2-4-9(8)10/h8-9,12-13,17-21,23,37,45-46H,3,10-11,14-16,22,24-28H2,1-2,4-7H3;1-4,7H,5-6H2/b34-23+,39-30-;. The highest BCUT2D eigenvalue weighted by Crippen LogP contribution is 2.30. The van der Waals surface area contributed by atoms with E-state index in [0.29, 0.717) is 67.5 Å². The van der Waals surface area contributed by atoms with Crippen molar-refractivity contribution >= 4 is 54.1 Å². The van der Waals surface area contributed by atoms with Gasteiger partial charge in [-0.25, -0.2) is 4.79 Å². The van der Waals surface area contributed by atoms with E-state index in [2.05, 4.69) is 28.4 Å². The van der Waals surface area contributed by atoms with Crippen LogP contribution in [0.25, 0.3) is 0 Å². The fourth-order valence-corrected chi connectivity index (χ4v) is 7.73. The summed E-state index contributed by atoms with van der Waals surface area (Å²) in [6, 6.07) is 21.7. The topological polar surface area (TPSA) is 178 Å². The van der Waals surface area contributed by atoms with Crippen molar-refractivity contribution in [2.75, 3.05) is 69.7 Å². The van der Waals surface area contributed by atoms with Gasteiger partial charge in [0.2, 0.25) is 6.41 Å². The second-order valence-electron chi connectivity index (χ2n) is 16.5. The molecule has 0 saturated heterocycles.